The van der Waals surface area contributed by atoms with Gasteiger partial charge in [-0.1, -0.05) is 40.9 Å². The van der Waals surface area contributed by atoms with Gasteiger partial charge in [0.05, 0.1) is 32.8 Å². The average Bonchev–Trinajstić information content (AvgIpc) is 3.15. The van der Waals surface area contributed by atoms with Gasteiger partial charge in [-0.2, -0.15) is 0 Å². The number of carbonyl (C=O) groups excluding carboxylic acids is 1. The first-order chi connectivity index (χ1) is 16.3. The Kier molecular flexibility index (Phi) is 7.68. The van der Waals surface area contributed by atoms with Crippen LogP contribution < -0.4 is 14.8 Å². The highest BCUT2D eigenvalue weighted by Crippen LogP contribution is 2.39. The van der Waals surface area contributed by atoms with Crippen molar-refractivity contribution >= 4 is 69.4 Å². The van der Waals surface area contributed by atoms with Gasteiger partial charge < -0.3 is 14.8 Å². The lowest BCUT2D eigenvalue weighted by Gasteiger charge is -2.14. The molecule has 1 saturated heterocycles. The zero-order chi connectivity index (χ0) is 24.2. The average molecular weight is 538 g/mol. The van der Waals surface area contributed by atoms with Crippen molar-refractivity contribution in [1.29, 1.82) is 0 Å². The zero-order valence-electron chi connectivity index (χ0n) is 17.6. The minimum atomic E-state index is -0.358. The number of thioether (sulfide) groups is 1. The number of nitrogens with one attached hydrogen (secondary N) is 1. The Balaban J connectivity index is 1.53. The Morgan fingerprint density at radius 1 is 1.03 bits per heavy atom. The quantitative estimate of drug-likeness (QED) is 0.336. The van der Waals surface area contributed by atoms with E-state index in [2.05, 4.69) is 10.3 Å². The Morgan fingerprint density at radius 2 is 1.79 bits per heavy atom. The van der Waals surface area contributed by atoms with E-state index in [1.54, 1.807) is 36.4 Å². The minimum Gasteiger partial charge on any atom is -0.493 e. The van der Waals surface area contributed by atoms with Crippen molar-refractivity contribution in [2.24, 2.45) is 4.99 Å². The van der Waals surface area contributed by atoms with Crippen LogP contribution >= 0.6 is 46.6 Å². The standard InChI is InChI=1S/C24H16Cl3FN2O3S/c1-32-20-10-14(9-19(27)22(20)33-12-13-2-7-17(25)18(26)8-13)11-21-23(31)30-24(34-21)29-16-5-3-15(28)4-6-16/h2-11H,12H2,1H3,(H,29,30,31)/b21-11+. The van der Waals surface area contributed by atoms with Gasteiger partial charge in [0.2, 0.25) is 0 Å². The fourth-order valence-electron chi connectivity index (χ4n) is 3.01. The van der Waals surface area contributed by atoms with Crippen LogP contribution in [-0.4, -0.2) is 18.2 Å². The highest BCUT2D eigenvalue weighted by Gasteiger charge is 2.24. The van der Waals surface area contributed by atoms with Crippen LogP contribution in [0.2, 0.25) is 15.1 Å². The molecule has 3 aromatic carbocycles. The van der Waals surface area contributed by atoms with Gasteiger partial charge in [0.1, 0.15) is 12.4 Å². The summed E-state index contributed by atoms with van der Waals surface area (Å²) in [5, 5.41) is 4.28. The molecule has 0 aromatic heterocycles. The number of carbonyl (C=O) groups is 1. The molecular formula is C24H16Cl3FN2O3S. The lowest BCUT2D eigenvalue weighted by molar-refractivity contribution is -0.115. The molecule has 1 heterocycles. The van der Waals surface area contributed by atoms with Crippen LogP contribution in [0.5, 0.6) is 11.5 Å². The summed E-state index contributed by atoms with van der Waals surface area (Å²) < 4.78 is 24.4. The van der Waals surface area contributed by atoms with Crippen molar-refractivity contribution in [2.75, 3.05) is 7.11 Å². The summed E-state index contributed by atoms with van der Waals surface area (Å²) in [4.78, 5) is 17.1. The van der Waals surface area contributed by atoms with Gasteiger partial charge in [0, 0.05) is 0 Å². The maximum Gasteiger partial charge on any atom is 0.264 e. The molecule has 0 radical (unpaired) electrons. The zero-order valence-corrected chi connectivity index (χ0v) is 20.7. The van der Waals surface area contributed by atoms with Crippen molar-refractivity contribution in [1.82, 2.24) is 5.32 Å². The highest BCUT2D eigenvalue weighted by molar-refractivity contribution is 8.18. The summed E-state index contributed by atoms with van der Waals surface area (Å²) in [6.45, 7) is 0.203. The molecule has 0 spiro atoms. The van der Waals surface area contributed by atoms with Crippen molar-refractivity contribution in [3.8, 4) is 11.5 Å². The van der Waals surface area contributed by atoms with Crippen LogP contribution in [0.1, 0.15) is 11.1 Å². The Labute approximate surface area is 214 Å². The molecule has 174 valence electrons. The summed E-state index contributed by atoms with van der Waals surface area (Å²) in [5.41, 5.74) is 1.98. The number of ether oxygens (including phenoxy) is 2. The van der Waals surface area contributed by atoms with E-state index in [4.69, 9.17) is 44.3 Å². The fourth-order valence-corrected chi connectivity index (χ4v) is 4.45. The van der Waals surface area contributed by atoms with Crippen LogP contribution in [0, 0.1) is 5.82 Å². The second-order valence-electron chi connectivity index (χ2n) is 7.03. The minimum absolute atomic E-state index is 0.203. The molecule has 0 saturated carbocycles. The van der Waals surface area contributed by atoms with E-state index in [1.807, 2.05) is 0 Å². The Bertz CT molecular complexity index is 1310. The van der Waals surface area contributed by atoms with E-state index in [0.717, 1.165) is 17.3 Å². The van der Waals surface area contributed by atoms with Crippen molar-refractivity contribution in [3.05, 3.63) is 91.5 Å². The van der Waals surface area contributed by atoms with E-state index in [1.165, 1.54) is 31.4 Å². The first-order valence-electron chi connectivity index (χ1n) is 9.82. The predicted molar refractivity (Wildman–Crippen MR) is 136 cm³/mol. The molecule has 0 atom stereocenters. The summed E-state index contributed by atoms with van der Waals surface area (Å²) in [7, 11) is 1.50. The van der Waals surface area contributed by atoms with E-state index in [9.17, 15) is 9.18 Å². The van der Waals surface area contributed by atoms with Gasteiger partial charge in [-0.15, -0.1) is 0 Å². The molecule has 1 fully saturated rings. The molecule has 1 N–H and O–H groups in total. The number of aliphatic imine (C=N–C) groups is 1. The summed E-state index contributed by atoms with van der Waals surface area (Å²) >= 11 is 19.6. The predicted octanol–water partition coefficient (Wildman–Crippen LogP) is 7.27. The van der Waals surface area contributed by atoms with Gasteiger partial charge in [-0.25, -0.2) is 9.38 Å². The number of methoxy groups -OCH3 is 1. The number of amides is 1. The van der Waals surface area contributed by atoms with E-state index in [-0.39, 0.29) is 18.3 Å². The normalized spacial score (nSPS) is 15.6. The van der Waals surface area contributed by atoms with Gasteiger partial charge in [-0.3, -0.25) is 4.79 Å². The molecule has 5 nitrogen and oxygen atoms in total. The molecule has 4 rings (SSSR count). The van der Waals surface area contributed by atoms with E-state index < -0.39 is 0 Å². The topological polar surface area (TPSA) is 59.9 Å². The molecule has 34 heavy (non-hydrogen) atoms. The summed E-state index contributed by atoms with van der Waals surface area (Å²) in [6, 6.07) is 14.2. The molecule has 1 aliphatic rings. The SMILES string of the molecule is COc1cc(/C=C2/SC(=Nc3ccc(F)cc3)NC2=O)cc(Cl)c1OCc1ccc(Cl)c(Cl)c1. The number of benzene rings is 3. The monoisotopic (exact) mass is 536 g/mol. The fraction of sp³-hybridized carbons (Fsp3) is 0.0833. The van der Waals surface area contributed by atoms with Crippen LogP contribution in [0.15, 0.2) is 64.5 Å². The second kappa shape index (κ2) is 10.7. The van der Waals surface area contributed by atoms with Gasteiger partial charge in [0.25, 0.3) is 5.91 Å². The molecule has 1 aliphatic heterocycles. The number of hydrogen-bond donors (Lipinski definition) is 1. The van der Waals surface area contributed by atoms with Crippen LogP contribution in [0.25, 0.3) is 6.08 Å². The van der Waals surface area contributed by atoms with Crippen LogP contribution in [-0.2, 0) is 11.4 Å². The first-order valence-corrected chi connectivity index (χ1v) is 11.8. The van der Waals surface area contributed by atoms with Crippen molar-refractivity contribution in [2.45, 2.75) is 6.61 Å². The number of rotatable bonds is 6. The van der Waals surface area contributed by atoms with Crippen molar-refractivity contribution in [3.63, 3.8) is 0 Å². The number of hydrogen-bond acceptors (Lipinski definition) is 5. The van der Waals surface area contributed by atoms with E-state index in [0.29, 0.717) is 47.9 Å². The smallest absolute Gasteiger partial charge is 0.264 e. The molecule has 10 heteroatoms. The molecule has 0 aliphatic carbocycles. The third-order valence-electron chi connectivity index (χ3n) is 4.62. The molecule has 0 unspecified atom stereocenters. The molecular weight excluding hydrogens is 522 g/mol. The summed E-state index contributed by atoms with van der Waals surface area (Å²) in [6.07, 6.45) is 1.67. The van der Waals surface area contributed by atoms with Gasteiger partial charge >= 0.3 is 0 Å². The lowest BCUT2D eigenvalue weighted by Crippen LogP contribution is -2.19. The number of nitrogens with zero attached hydrogens (tertiary/aromatic N) is 1. The maximum atomic E-state index is 13.1. The second-order valence-corrected chi connectivity index (χ2v) is 9.28. The third-order valence-corrected chi connectivity index (χ3v) is 6.55. The van der Waals surface area contributed by atoms with Gasteiger partial charge in [-0.05, 0) is 77.5 Å². The molecule has 1 amide bonds. The number of halogens is 4. The summed E-state index contributed by atoms with van der Waals surface area (Å²) in [5.74, 6) is 0.103. The van der Waals surface area contributed by atoms with Crippen LogP contribution in [0.3, 0.4) is 0 Å². The lowest BCUT2D eigenvalue weighted by atomic mass is 10.1. The largest absolute Gasteiger partial charge is 0.493 e. The van der Waals surface area contributed by atoms with Gasteiger partial charge in [0.15, 0.2) is 16.7 Å². The molecule has 0 bridgehead atoms. The Hall–Kier alpha value is -2.71. The first kappa shape index (κ1) is 24.4. The maximum absolute atomic E-state index is 13.1. The van der Waals surface area contributed by atoms with Crippen LogP contribution in [0.4, 0.5) is 10.1 Å². The Morgan fingerprint density at radius 3 is 2.50 bits per heavy atom. The highest BCUT2D eigenvalue weighted by atomic mass is 35.5. The third kappa shape index (κ3) is 5.85. The molecule has 3 aromatic rings. The van der Waals surface area contributed by atoms with E-state index >= 15 is 0 Å². The van der Waals surface area contributed by atoms with Crippen molar-refractivity contribution < 1.29 is 18.7 Å². The number of amidine groups is 1.